The molecule has 0 saturated heterocycles. The number of aromatic amines is 2. The third kappa shape index (κ3) is 1.65. The van der Waals surface area contributed by atoms with Crippen LogP contribution in [0.25, 0.3) is 23.0 Å². The van der Waals surface area contributed by atoms with Crippen molar-refractivity contribution in [2.24, 2.45) is 0 Å². The lowest BCUT2D eigenvalue weighted by Crippen LogP contribution is -2.12. The Labute approximate surface area is 117 Å². The van der Waals surface area contributed by atoms with Gasteiger partial charge in [0.1, 0.15) is 0 Å². The summed E-state index contributed by atoms with van der Waals surface area (Å²) < 4.78 is 1.52. The number of hydrogen-bond acceptors (Lipinski definition) is 3. The summed E-state index contributed by atoms with van der Waals surface area (Å²) >= 11 is 0. The Morgan fingerprint density at radius 2 is 1.25 bits per heavy atom. The molecule has 0 spiro atoms. The number of nitrogens with zero attached hydrogens (tertiary/aromatic N) is 3. The van der Waals surface area contributed by atoms with Gasteiger partial charge in [-0.2, -0.15) is 0 Å². The second-order valence-electron chi connectivity index (χ2n) is 5.16. The maximum Gasteiger partial charge on any atom is 0.199 e. The average molecular weight is 270 g/mol. The minimum absolute atomic E-state index is 0.636. The Balaban J connectivity index is 2.14. The number of H-pyrrole nitrogens is 2. The van der Waals surface area contributed by atoms with E-state index in [9.17, 15) is 0 Å². The third-order valence-corrected chi connectivity index (χ3v) is 3.94. The van der Waals surface area contributed by atoms with Crippen LogP contribution in [-0.2, 0) is 0 Å². The zero-order valence-corrected chi connectivity index (χ0v) is 12.1. The first-order valence-corrected chi connectivity index (χ1v) is 6.51. The van der Waals surface area contributed by atoms with E-state index >= 15 is 0 Å². The van der Waals surface area contributed by atoms with Crippen molar-refractivity contribution in [2.45, 2.75) is 27.7 Å². The Kier molecular flexibility index (Phi) is 2.67. The molecule has 0 aromatic carbocycles. The molecule has 0 aliphatic heterocycles. The molecular weight excluding hydrogens is 252 g/mol. The fourth-order valence-corrected chi connectivity index (χ4v) is 2.29. The van der Waals surface area contributed by atoms with Gasteiger partial charge in [-0.05, 0) is 49.9 Å². The fraction of sp³-hybridized carbons (Fsp3) is 0.286. The van der Waals surface area contributed by atoms with Gasteiger partial charge in [0.15, 0.2) is 11.6 Å². The van der Waals surface area contributed by atoms with Gasteiger partial charge in [-0.1, -0.05) is 0 Å². The van der Waals surface area contributed by atoms with E-state index in [1.165, 1.54) is 15.8 Å². The highest BCUT2D eigenvalue weighted by Gasteiger charge is 2.19. The molecule has 0 fully saturated rings. The van der Waals surface area contributed by atoms with Gasteiger partial charge in [0, 0.05) is 12.4 Å². The SMILES string of the molecule is Cc1c[nH]c(-c2nnc(-c3[nH]cc(C)c3C)n2N)c1C. The molecule has 0 bridgehead atoms. The first kappa shape index (κ1) is 12.5. The normalized spacial score (nSPS) is 11.2. The highest BCUT2D eigenvalue weighted by Crippen LogP contribution is 2.27. The smallest absolute Gasteiger partial charge is 0.199 e. The molecule has 3 aromatic heterocycles. The largest absolute Gasteiger partial charge is 0.358 e. The van der Waals surface area contributed by atoms with Crippen molar-refractivity contribution in [3.05, 3.63) is 34.6 Å². The van der Waals surface area contributed by atoms with Gasteiger partial charge < -0.3 is 15.8 Å². The van der Waals surface area contributed by atoms with Crippen LogP contribution < -0.4 is 5.84 Å². The van der Waals surface area contributed by atoms with E-state index < -0.39 is 0 Å². The van der Waals surface area contributed by atoms with Crippen molar-refractivity contribution < 1.29 is 0 Å². The monoisotopic (exact) mass is 270 g/mol. The Morgan fingerprint density at radius 3 is 1.55 bits per heavy atom. The molecule has 3 rings (SSSR count). The molecule has 0 amide bonds. The Hall–Kier alpha value is -2.50. The van der Waals surface area contributed by atoms with Crippen LogP contribution in [0.4, 0.5) is 0 Å². The lowest BCUT2D eigenvalue weighted by Gasteiger charge is -2.04. The van der Waals surface area contributed by atoms with Crippen molar-refractivity contribution in [1.82, 2.24) is 24.8 Å². The van der Waals surface area contributed by atoms with Gasteiger partial charge in [0.25, 0.3) is 0 Å². The highest BCUT2D eigenvalue weighted by molar-refractivity contribution is 5.64. The van der Waals surface area contributed by atoms with E-state index in [0.717, 1.165) is 22.5 Å². The number of nitrogens with one attached hydrogen (secondary N) is 2. The zero-order chi connectivity index (χ0) is 14.4. The molecule has 6 nitrogen and oxygen atoms in total. The topological polar surface area (TPSA) is 88.3 Å². The van der Waals surface area contributed by atoms with Crippen LogP contribution in [0.3, 0.4) is 0 Å². The van der Waals surface area contributed by atoms with Crippen LogP contribution in [-0.4, -0.2) is 24.8 Å². The minimum Gasteiger partial charge on any atom is -0.358 e. The van der Waals surface area contributed by atoms with Crippen LogP contribution in [0, 0.1) is 27.7 Å². The average Bonchev–Trinajstić information content (AvgIpc) is 3.04. The van der Waals surface area contributed by atoms with Crippen LogP contribution in [0.1, 0.15) is 22.3 Å². The van der Waals surface area contributed by atoms with E-state index in [4.69, 9.17) is 5.84 Å². The molecule has 0 unspecified atom stereocenters. The van der Waals surface area contributed by atoms with Gasteiger partial charge in [0.2, 0.25) is 0 Å². The number of aryl methyl sites for hydroxylation is 2. The summed E-state index contributed by atoms with van der Waals surface area (Å²) in [6, 6.07) is 0. The maximum absolute atomic E-state index is 6.18. The first-order valence-electron chi connectivity index (χ1n) is 6.51. The van der Waals surface area contributed by atoms with Crippen molar-refractivity contribution >= 4 is 0 Å². The van der Waals surface area contributed by atoms with Crippen molar-refractivity contribution in [2.75, 3.05) is 5.84 Å². The van der Waals surface area contributed by atoms with Crippen LogP contribution in [0.15, 0.2) is 12.4 Å². The number of nitrogen functional groups attached to an aromatic ring is 1. The van der Waals surface area contributed by atoms with E-state index in [2.05, 4.69) is 20.2 Å². The van der Waals surface area contributed by atoms with Gasteiger partial charge in [-0.3, -0.25) is 0 Å². The molecule has 20 heavy (non-hydrogen) atoms. The second kappa shape index (κ2) is 4.26. The summed E-state index contributed by atoms with van der Waals surface area (Å²) in [4.78, 5) is 6.40. The summed E-state index contributed by atoms with van der Waals surface area (Å²) in [6.45, 7) is 8.18. The van der Waals surface area contributed by atoms with E-state index in [-0.39, 0.29) is 0 Å². The molecule has 6 heteroatoms. The maximum atomic E-state index is 6.18. The standard InChI is InChI=1S/C14H18N6/c1-7-5-16-11(9(7)3)13-18-19-14(20(13)15)12-10(4)8(2)6-17-12/h5-6,16-17H,15H2,1-4H3. The molecule has 104 valence electrons. The molecular formula is C14H18N6. The predicted molar refractivity (Wildman–Crippen MR) is 78.7 cm³/mol. The number of nitrogens with two attached hydrogens (primary N) is 1. The molecule has 0 atom stereocenters. The molecule has 3 aromatic rings. The minimum atomic E-state index is 0.636. The third-order valence-electron chi connectivity index (χ3n) is 3.94. The second-order valence-corrected chi connectivity index (χ2v) is 5.16. The number of rotatable bonds is 2. The summed E-state index contributed by atoms with van der Waals surface area (Å²) in [6.07, 6.45) is 3.89. The molecule has 3 heterocycles. The molecule has 0 aliphatic rings. The van der Waals surface area contributed by atoms with Crippen LogP contribution in [0.2, 0.25) is 0 Å². The first-order chi connectivity index (χ1) is 9.50. The molecule has 0 aliphatic carbocycles. The van der Waals surface area contributed by atoms with Crippen molar-refractivity contribution in [3.8, 4) is 23.0 Å². The number of hydrogen-bond donors (Lipinski definition) is 3. The van der Waals surface area contributed by atoms with Crippen molar-refractivity contribution in [3.63, 3.8) is 0 Å². The molecule has 4 N–H and O–H groups in total. The predicted octanol–water partition coefficient (Wildman–Crippen LogP) is 2.22. The van der Waals surface area contributed by atoms with Crippen LogP contribution >= 0.6 is 0 Å². The van der Waals surface area contributed by atoms with Gasteiger partial charge in [0.05, 0.1) is 11.4 Å². The van der Waals surface area contributed by atoms with E-state index in [0.29, 0.717) is 11.6 Å². The quantitative estimate of drug-likeness (QED) is 0.624. The molecule has 0 saturated carbocycles. The Bertz CT molecular complexity index is 710. The zero-order valence-electron chi connectivity index (χ0n) is 12.1. The molecule has 0 radical (unpaired) electrons. The Morgan fingerprint density at radius 1 is 0.850 bits per heavy atom. The summed E-state index contributed by atoms with van der Waals surface area (Å²) in [7, 11) is 0. The highest BCUT2D eigenvalue weighted by atomic mass is 15.4. The van der Waals surface area contributed by atoms with Crippen LogP contribution in [0.5, 0.6) is 0 Å². The van der Waals surface area contributed by atoms with Gasteiger partial charge in [-0.15, -0.1) is 10.2 Å². The van der Waals surface area contributed by atoms with E-state index in [1.54, 1.807) is 0 Å². The number of aromatic nitrogens is 5. The summed E-state index contributed by atoms with van der Waals surface area (Å²) in [5.74, 6) is 7.45. The van der Waals surface area contributed by atoms with Gasteiger partial charge in [-0.25, -0.2) is 4.68 Å². The summed E-state index contributed by atoms with van der Waals surface area (Å²) in [5, 5.41) is 8.45. The lowest BCUT2D eigenvalue weighted by atomic mass is 10.2. The van der Waals surface area contributed by atoms with Gasteiger partial charge >= 0.3 is 0 Å². The lowest BCUT2D eigenvalue weighted by molar-refractivity contribution is 0.998. The summed E-state index contributed by atoms with van der Waals surface area (Å²) in [5.41, 5.74) is 6.44. The van der Waals surface area contributed by atoms with Crippen molar-refractivity contribution in [1.29, 1.82) is 0 Å². The van der Waals surface area contributed by atoms with E-state index in [1.807, 2.05) is 40.1 Å². The fourth-order valence-electron chi connectivity index (χ4n) is 2.29.